The Hall–Kier alpha value is -1.04. The molecule has 2 heterocycles. The van der Waals surface area contributed by atoms with Gasteiger partial charge in [0, 0.05) is 7.05 Å². The second-order valence-corrected chi connectivity index (χ2v) is 3.64. The summed E-state index contributed by atoms with van der Waals surface area (Å²) in [5, 5.41) is 0. The molecule has 0 aliphatic heterocycles. The van der Waals surface area contributed by atoms with E-state index in [-0.39, 0.29) is 5.82 Å². The van der Waals surface area contributed by atoms with Gasteiger partial charge in [0.2, 0.25) is 0 Å². The molecule has 2 aromatic heterocycles. The van der Waals surface area contributed by atoms with Crippen molar-refractivity contribution < 1.29 is 8.78 Å². The van der Waals surface area contributed by atoms with Crippen LogP contribution in [0.4, 0.5) is 8.78 Å². The standard InChI is InChI=1S/C8H6BrF2N3/c1-14-5-2-6(9)12-3-4(5)13-8(14)7(10)11/h2-3,7H,1H3. The van der Waals surface area contributed by atoms with Crippen molar-refractivity contribution in [3.63, 3.8) is 0 Å². The fraction of sp³-hybridized carbons (Fsp3) is 0.250. The van der Waals surface area contributed by atoms with E-state index in [9.17, 15) is 8.78 Å². The zero-order valence-corrected chi connectivity index (χ0v) is 8.79. The first kappa shape index (κ1) is 9.51. The zero-order chi connectivity index (χ0) is 10.3. The van der Waals surface area contributed by atoms with Crippen molar-refractivity contribution in [2.24, 2.45) is 7.05 Å². The molecule has 0 atom stereocenters. The molecule has 0 aliphatic carbocycles. The van der Waals surface area contributed by atoms with Crippen LogP contribution in [0, 0.1) is 0 Å². The number of alkyl halides is 2. The first-order chi connectivity index (χ1) is 6.59. The Bertz CT molecular complexity index is 481. The zero-order valence-electron chi connectivity index (χ0n) is 7.21. The SMILES string of the molecule is Cn1c(C(F)F)nc2cnc(Br)cc21. The third-order valence-corrected chi connectivity index (χ3v) is 2.40. The minimum Gasteiger partial charge on any atom is -0.326 e. The molecule has 14 heavy (non-hydrogen) atoms. The second-order valence-electron chi connectivity index (χ2n) is 2.83. The van der Waals surface area contributed by atoms with E-state index in [1.165, 1.54) is 10.8 Å². The minimum atomic E-state index is -2.56. The summed E-state index contributed by atoms with van der Waals surface area (Å²) in [6, 6.07) is 1.66. The van der Waals surface area contributed by atoms with Gasteiger partial charge in [0.25, 0.3) is 6.43 Å². The van der Waals surface area contributed by atoms with Gasteiger partial charge in [0.05, 0.1) is 11.7 Å². The minimum absolute atomic E-state index is 0.236. The molecule has 6 heteroatoms. The topological polar surface area (TPSA) is 30.7 Å². The van der Waals surface area contributed by atoms with Crippen molar-refractivity contribution in [2.45, 2.75) is 6.43 Å². The van der Waals surface area contributed by atoms with Crippen LogP contribution < -0.4 is 0 Å². The summed E-state index contributed by atoms with van der Waals surface area (Å²) in [6.45, 7) is 0. The molecule has 3 nitrogen and oxygen atoms in total. The number of hydrogen-bond acceptors (Lipinski definition) is 2. The van der Waals surface area contributed by atoms with Crippen molar-refractivity contribution >= 4 is 27.0 Å². The highest BCUT2D eigenvalue weighted by Crippen LogP contribution is 2.23. The summed E-state index contributed by atoms with van der Waals surface area (Å²) in [7, 11) is 1.56. The molecular formula is C8H6BrF2N3. The van der Waals surface area contributed by atoms with Crippen LogP contribution in [-0.4, -0.2) is 14.5 Å². The van der Waals surface area contributed by atoms with Gasteiger partial charge < -0.3 is 4.57 Å². The predicted octanol–water partition coefficient (Wildman–Crippen LogP) is 2.67. The molecule has 0 bridgehead atoms. The quantitative estimate of drug-likeness (QED) is 0.739. The predicted molar refractivity (Wildman–Crippen MR) is 51.2 cm³/mol. The molecule has 0 fully saturated rings. The number of aromatic nitrogens is 3. The third-order valence-electron chi connectivity index (χ3n) is 1.96. The lowest BCUT2D eigenvalue weighted by Gasteiger charge is -1.99. The fourth-order valence-electron chi connectivity index (χ4n) is 1.28. The molecule has 0 spiro atoms. The van der Waals surface area contributed by atoms with E-state index in [0.29, 0.717) is 15.6 Å². The van der Waals surface area contributed by atoms with Gasteiger partial charge in [0.15, 0.2) is 5.82 Å². The summed E-state index contributed by atoms with van der Waals surface area (Å²) >= 11 is 3.17. The number of fused-ring (bicyclic) bond motifs is 1. The lowest BCUT2D eigenvalue weighted by molar-refractivity contribution is 0.137. The number of imidazole rings is 1. The smallest absolute Gasteiger partial charge is 0.295 e. The summed E-state index contributed by atoms with van der Waals surface area (Å²) in [4.78, 5) is 7.70. The van der Waals surface area contributed by atoms with Crippen LogP contribution in [0.25, 0.3) is 11.0 Å². The molecule has 0 aromatic carbocycles. The summed E-state index contributed by atoms with van der Waals surface area (Å²) in [5.41, 5.74) is 1.12. The van der Waals surface area contributed by atoms with E-state index in [1.807, 2.05) is 0 Å². The normalized spacial score (nSPS) is 11.5. The Balaban J connectivity index is 2.74. The van der Waals surface area contributed by atoms with E-state index in [2.05, 4.69) is 25.9 Å². The first-order valence-electron chi connectivity index (χ1n) is 3.85. The Labute approximate surface area is 86.9 Å². The molecule has 0 radical (unpaired) electrons. The first-order valence-corrected chi connectivity index (χ1v) is 4.65. The molecule has 0 saturated carbocycles. The molecule has 74 valence electrons. The molecule has 0 N–H and O–H groups in total. The highest BCUT2D eigenvalue weighted by molar-refractivity contribution is 9.10. The molecular weight excluding hydrogens is 256 g/mol. The summed E-state index contributed by atoms with van der Waals surface area (Å²) < 4.78 is 26.9. The number of halogens is 3. The van der Waals surface area contributed by atoms with Crippen LogP contribution in [0.5, 0.6) is 0 Å². The van der Waals surface area contributed by atoms with Crippen molar-refractivity contribution in [1.82, 2.24) is 14.5 Å². The molecule has 0 aliphatic rings. The maximum Gasteiger partial charge on any atom is 0.295 e. The maximum absolute atomic E-state index is 12.5. The van der Waals surface area contributed by atoms with Crippen LogP contribution in [0.2, 0.25) is 0 Å². The van der Waals surface area contributed by atoms with Gasteiger partial charge in [-0.1, -0.05) is 0 Å². The van der Waals surface area contributed by atoms with E-state index in [1.54, 1.807) is 13.1 Å². The average molecular weight is 262 g/mol. The molecule has 2 rings (SSSR count). The number of hydrogen-bond donors (Lipinski definition) is 0. The molecule has 2 aromatic rings. The summed E-state index contributed by atoms with van der Waals surface area (Å²) in [5.74, 6) is -0.236. The highest BCUT2D eigenvalue weighted by Gasteiger charge is 2.16. The van der Waals surface area contributed by atoms with Gasteiger partial charge >= 0.3 is 0 Å². The van der Waals surface area contributed by atoms with Crippen molar-refractivity contribution in [1.29, 1.82) is 0 Å². The highest BCUT2D eigenvalue weighted by atomic mass is 79.9. The molecule has 0 amide bonds. The largest absolute Gasteiger partial charge is 0.326 e. The lowest BCUT2D eigenvalue weighted by Crippen LogP contribution is -1.97. The van der Waals surface area contributed by atoms with Gasteiger partial charge in [-0.15, -0.1) is 0 Å². The van der Waals surface area contributed by atoms with Crippen LogP contribution in [0.1, 0.15) is 12.2 Å². The van der Waals surface area contributed by atoms with Crippen molar-refractivity contribution in [3.8, 4) is 0 Å². The van der Waals surface area contributed by atoms with E-state index in [4.69, 9.17) is 0 Å². The van der Waals surface area contributed by atoms with Crippen LogP contribution in [-0.2, 0) is 7.05 Å². The van der Waals surface area contributed by atoms with E-state index >= 15 is 0 Å². The van der Waals surface area contributed by atoms with Crippen molar-refractivity contribution in [2.75, 3.05) is 0 Å². The Morgan fingerprint density at radius 2 is 2.21 bits per heavy atom. The van der Waals surface area contributed by atoms with Gasteiger partial charge in [-0.3, -0.25) is 0 Å². The number of rotatable bonds is 1. The number of aryl methyl sites for hydroxylation is 1. The Morgan fingerprint density at radius 3 is 2.86 bits per heavy atom. The van der Waals surface area contributed by atoms with Crippen LogP contribution >= 0.6 is 15.9 Å². The van der Waals surface area contributed by atoms with Gasteiger partial charge in [-0.2, -0.15) is 0 Å². The van der Waals surface area contributed by atoms with Gasteiger partial charge in [0.1, 0.15) is 10.1 Å². The number of nitrogens with zero attached hydrogens (tertiary/aromatic N) is 3. The van der Waals surface area contributed by atoms with Gasteiger partial charge in [-0.05, 0) is 22.0 Å². The Kier molecular flexibility index (Phi) is 2.22. The van der Waals surface area contributed by atoms with E-state index < -0.39 is 6.43 Å². The van der Waals surface area contributed by atoms with Gasteiger partial charge in [-0.25, -0.2) is 18.7 Å². The van der Waals surface area contributed by atoms with Crippen molar-refractivity contribution in [3.05, 3.63) is 22.7 Å². The third kappa shape index (κ3) is 1.39. The molecule has 0 unspecified atom stereocenters. The van der Waals surface area contributed by atoms with E-state index in [0.717, 1.165) is 0 Å². The summed E-state index contributed by atoms with van der Waals surface area (Å²) in [6.07, 6.45) is -1.10. The van der Waals surface area contributed by atoms with Crippen LogP contribution in [0.15, 0.2) is 16.9 Å². The maximum atomic E-state index is 12.5. The lowest BCUT2D eigenvalue weighted by atomic mass is 10.4. The molecule has 0 saturated heterocycles. The second kappa shape index (κ2) is 3.27. The monoisotopic (exact) mass is 261 g/mol. The Morgan fingerprint density at radius 1 is 1.50 bits per heavy atom. The fourth-order valence-corrected chi connectivity index (χ4v) is 1.60. The van der Waals surface area contributed by atoms with Crippen LogP contribution in [0.3, 0.4) is 0 Å². The average Bonchev–Trinajstić information content (AvgIpc) is 2.44. The number of pyridine rings is 1.